The third kappa shape index (κ3) is 4.40. The number of rotatable bonds is 4. The van der Waals surface area contributed by atoms with Crippen LogP contribution >= 0.6 is 0 Å². The van der Waals surface area contributed by atoms with Crippen LogP contribution in [0.4, 0.5) is 0 Å². The van der Waals surface area contributed by atoms with Gasteiger partial charge in [0.1, 0.15) is 17.6 Å². The Kier molecular flexibility index (Phi) is 6.36. The number of fused-ring (bicyclic) bond motifs is 3. The normalized spacial score (nSPS) is 15.7. The van der Waals surface area contributed by atoms with Gasteiger partial charge in [-0.1, -0.05) is 30.7 Å². The van der Waals surface area contributed by atoms with Gasteiger partial charge in [-0.05, 0) is 66.9 Å². The maximum Gasteiger partial charge on any atom is 0.343 e. The first-order valence-electron chi connectivity index (χ1n) is 12.8. The molecule has 0 fully saturated rings. The summed E-state index contributed by atoms with van der Waals surface area (Å²) in [6.07, 6.45) is 5.72. The highest BCUT2D eigenvalue weighted by atomic mass is 32.2. The van der Waals surface area contributed by atoms with Crippen LogP contribution in [0, 0.1) is 11.3 Å². The zero-order valence-corrected chi connectivity index (χ0v) is 22.0. The van der Waals surface area contributed by atoms with Gasteiger partial charge in [0, 0.05) is 24.1 Å². The molecule has 0 N–H and O–H groups in total. The Bertz CT molecular complexity index is 1860. The lowest BCUT2D eigenvalue weighted by atomic mass is 10.0. The van der Waals surface area contributed by atoms with E-state index in [9.17, 15) is 23.3 Å². The second kappa shape index (κ2) is 10.0. The van der Waals surface area contributed by atoms with E-state index in [2.05, 4.69) is 16.3 Å². The molecule has 198 valence electrons. The third-order valence-corrected chi connectivity index (χ3v) is 8.90. The molecule has 10 heteroatoms. The molecule has 2 aliphatic heterocycles. The Morgan fingerprint density at radius 3 is 2.52 bits per heavy atom. The molecule has 0 saturated carbocycles. The molecule has 3 aromatic carbocycles. The van der Waals surface area contributed by atoms with E-state index >= 15 is 0 Å². The van der Waals surface area contributed by atoms with Crippen LogP contribution in [-0.4, -0.2) is 34.9 Å². The fourth-order valence-electron chi connectivity index (χ4n) is 5.01. The number of ether oxygens (including phenoxy) is 1. The minimum Gasteiger partial charge on any atom is -0.423 e. The number of aromatic nitrogens is 3. The minimum absolute atomic E-state index is 0.00209. The van der Waals surface area contributed by atoms with Gasteiger partial charge in [0.25, 0.3) is 0 Å². The van der Waals surface area contributed by atoms with Crippen LogP contribution in [0.2, 0.25) is 0 Å². The molecule has 0 saturated heterocycles. The maximum absolute atomic E-state index is 13.2. The van der Waals surface area contributed by atoms with Crippen molar-refractivity contribution >= 4 is 33.2 Å². The lowest BCUT2D eigenvalue weighted by Gasteiger charge is -2.19. The SMILES string of the molecule is N#C/C(=C\c1ccc(OC(=O)c2ccc3c(c2)S(=O)(=O)c2ccccc2C3=O)cc1)c1nnc2n1CCCCC2. The van der Waals surface area contributed by atoms with Gasteiger partial charge in [-0.25, -0.2) is 13.2 Å². The Morgan fingerprint density at radius 2 is 1.73 bits per heavy atom. The Hall–Kier alpha value is -4.88. The summed E-state index contributed by atoms with van der Waals surface area (Å²) in [5, 5.41) is 18.3. The van der Waals surface area contributed by atoms with E-state index in [0.717, 1.165) is 38.1 Å². The molecule has 0 unspecified atom stereocenters. The molecular formula is C30H22N4O5S. The summed E-state index contributed by atoms with van der Waals surface area (Å²) in [6, 6.07) is 18.7. The molecule has 0 atom stereocenters. The molecule has 0 spiro atoms. The molecule has 4 aromatic rings. The fraction of sp³-hybridized carbons (Fsp3) is 0.167. The van der Waals surface area contributed by atoms with E-state index in [1.54, 1.807) is 42.5 Å². The first-order chi connectivity index (χ1) is 19.4. The van der Waals surface area contributed by atoms with E-state index in [-0.39, 0.29) is 32.2 Å². The number of hydrogen-bond donors (Lipinski definition) is 0. The first-order valence-corrected chi connectivity index (χ1v) is 14.2. The monoisotopic (exact) mass is 550 g/mol. The van der Waals surface area contributed by atoms with E-state index in [1.807, 2.05) is 4.57 Å². The summed E-state index contributed by atoms with van der Waals surface area (Å²) < 4.78 is 33.8. The van der Waals surface area contributed by atoms with Gasteiger partial charge in [-0.15, -0.1) is 10.2 Å². The second-order valence-electron chi connectivity index (χ2n) is 9.57. The molecule has 0 aliphatic carbocycles. The number of carbonyl (C=O) groups is 2. The van der Waals surface area contributed by atoms with Crippen LogP contribution in [-0.2, 0) is 22.8 Å². The minimum atomic E-state index is -3.98. The van der Waals surface area contributed by atoms with E-state index < -0.39 is 21.6 Å². The molecule has 0 bridgehead atoms. The van der Waals surface area contributed by atoms with Crippen molar-refractivity contribution in [2.24, 2.45) is 0 Å². The third-order valence-electron chi connectivity index (χ3n) is 7.05. The van der Waals surface area contributed by atoms with Crippen LogP contribution in [0.5, 0.6) is 5.75 Å². The number of hydrogen-bond acceptors (Lipinski definition) is 8. The topological polar surface area (TPSA) is 132 Å². The molecule has 2 aliphatic rings. The number of allylic oxidation sites excluding steroid dienone is 1. The Labute approximate surface area is 230 Å². The van der Waals surface area contributed by atoms with E-state index in [4.69, 9.17) is 4.74 Å². The van der Waals surface area contributed by atoms with Crippen LogP contribution < -0.4 is 4.74 Å². The average Bonchev–Trinajstić information content (AvgIpc) is 3.22. The van der Waals surface area contributed by atoms with Crippen molar-refractivity contribution in [2.45, 2.75) is 42.0 Å². The van der Waals surface area contributed by atoms with Gasteiger partial charge < -0.3 is 9.30 Å². The Balaban J connectivity index is 1.22. The van der Waals surface area contributed by atoms with Crippen LogP contribution in [0.3, 0.4) is 0 Å². The van der Waals surface area contributed by atoms with Gasteiger partial charge >= 0.3 is 5.97 Å². The number of sulfone groups is 1. The second-order valence-corrected chi connectivity index (χ2v) is 11.5. The van der Waals surface area contributed by atoms with Crippen molar-refractivity contribution in [2.75, 3.05) is 0 Å². The molecule has 6 rings (SSSR count). The number of carbonyl (C=O) groups excluding carboxylic acids is 2. The lowest BCUT2D eigenvalue weighted by molar-refractivity contribution is 0.0734. The van der Waals surface area contributed by atoms with Crippen molar-refractivity contribution in [3.8, 4) is 11.8 Å². The van der Waals surface area contributed by atoms with Crippen molar-refractivity contribution in [1.82, 2.24) is 14.8 Å². The number of benzene rings is 3. The summed E-state index contributed by atoms with van der Waals surface area (Å²) in [7, 11) is -3.98. The lowest BCUT2D eigenvalue weighted by Crippen LogP contribution is -2.21. The number of nitrogens with zero attached hydrogens (tertiary/aromatic N) is 4. The molecular weight excluding hydrogens is 528 g/mol. The molecule has 9 nitrogen and oxygen atoms in total. The van der Waals surface area contributed by atoms with Crippen LogP contribution in [0.25, 0.3) is 11.6 Å². The van der Waals surface area contributed by atoms with Crippen molar-refractivity contribution in [3.05, 3.63) is 101 Å². The maximum atomic E-state index is 13.2. The number of esters is 1. The predicted molar refractivity (Wildman–Crippen MR) is 144 cm³/mol. The van der Waals surface area contributed by atoms with Gasteiger partial charge in [0.15, 0.2) is 11.6 Å². The van der Waals surface area contributed by atoms with Crippen molar-refractivity contribution in [3.63, 3.8) is 0 Å². The highest BCUT2D eigenvalue weighted by Crippen LogP contribution is 2.35. The Morgan fingerprint density at radius 1 is 0.950 bits per heavy atom. The van der Waals surface area contributed by atoms with Crippen LogP contribution in [0.1, 0.15) is 62.8 Å². The molecule has 1 aromatic heterocycles. The van der Waals surface area contributed by atoms with E-state index in [1.165, 1.54) is 30.3 Å². The molecule has 40 heavy (non-hydrogen) atoms. The summed E-state index contributed by atoms with van der Waals surface area (Å²) in [5.74, 6) is 0.483. The fourth-order valence-corrected chi connectivity index (χ4v) is 6.68. The molecule has 0 radical (unpaired) electrons. The van der Waals surface area contributed by atoms with Crippen LogP contribution in [0.15, 0.2) is 76.5 Å². The van der Waals surface area contributed by atoms with Gasteiger partial charge in [0.2, 0.25) is 9.84 Å². The smallest absolute Gasteiger partial charge is 0.343 e. The summed E-state index contributed by atoms with van der Waals surface area (Å²) in [4.78, 5) is 25.4. The van der Waals surface area contributed by atoms with Gasteiger partial charge in [-0.2, -0.15) is 5.26 Å². The summed E-state index contributed by atoms with van der Waals surface area (Å²) >= 11 is 0. The van der Waals surface area contributed by atoms with E-state index in [0.29, 0.717) is 17.0 Å². The summed E-state index contributed by atoms with van der Waals surface area (Å²) in [5.41, 5.74) is 1.22. The predicted octanol–water partition coefficient (Wildman–Crippen LogP) is 4.67. The molecule has 3 heterocycles. The van der Waals surface area contributed by atoms with Crippen molar-refractivity contribution in [1.29, 1.82) is 5.26 Å². The average molecular weight is 551 g/mol. The highest BCUT2D eigenvalue weighted by molar-refractivity contribution is 7.91. The largest absolute Gasteiger partial charge is 0.423 e. The molecule has 0 amide bonds. The zero-order chi connectivity index (χ0) is 27.9. The summed E-state index contributed by atoms with van der Waals surface area (Å²) in [6.45, 7) is 0.774. The highest BCUT2D eigenvalue weighted by Gasteiger charge is 2.35. The van der Waals surface area contributed by atoms with Gasteiger partial charge in [0.05, 0.1) is 20.9 Å². The van der Waals surface area contributed by atoms with Gasteiger partial charge in [-0.3, -0.25) is 4.79 Å². The quantitative estimate of drug-likeness (QED) is 0.179. The zero-order valence-electron chi connectivity index (χ0n) is 21.2. The number of nitriles is 1. The first kappa shape index (κ1) is 25.4. The van der Waals surface area contributed by atoms with Crippen molar-refractivity contribution < 1.29 is 22.7 Å². The number of aryl methyl sites for hydroxylation is 1. The number of ketones is 1. The standard InChI is InChI=1S/C30H22N4O5S/c31-18-21(29-33-32-27-8-2-1-5-15-34(27)29)16-19-9-12-22(13-10-19)39-30(36)20-11-14-24-26(17-20)40(37,38)25-7-4-3-6-23(25)28(24)35/h3-4,6-7,9-14,16-17H,1-2,5,8,15H2/b21-16+.